The van der Waals surface area contributed by atoms with Gasteiger partial charge in [-0.25, -0.2) is 0 Å². The van der Waals surface area contributed by atoms with Crippen molar-refractivity contribution in [2.75, 3.05) is 4.90 Å². The van der Waals surface area contributed by atoms with Crippen molar-refractivity contribution in [2.45, 2.75) is 50.3 Å². The van der Waals surface area contributed by atoms with E-state index in [-0.39, 0.29) is 12.1 Å². The molecule has 0 aromatic heterocycles. The van der Waals surface area contributed by atoms with Gasteiger partial charge in [0.25, 0.3) is 0 Å². The molecule has 0 amide bonds. The molecule has 3 heteroatoms. The van der Waals surface area contributed by atoms with Gasteiger partial charge in [0.15, 0.2) is 0 Å². The third kappa shape index (κ3) is 4.90. The van der Waals surface area contributed by atoms with Gasteiger partial charge in [0.2, 0.25) is 0 Å². The maximum Gasteiger partial charge on any atom is 0.131 e. The molecule has 0 N–H and O–H groups in total. The zero-order valence-corrected chi connectivity index (χ0v) is 29.4. The van der Waals surface area contributed by atoms with Gasteiger partial charge in [-0.2, -0.15) is 0 Å². The summed E-state index contributed by atoms with van der Waals surface area (Å²) in [4.78, 5) is 2.63. The molecule has 4 aliphatic carbocycles. The van der Waals surface area contributed by atoms with E-state index in [2.05, 4.69) is 163 Å². The lowest BCUT2D eigenvalue weighted by atomic mass is 9.87. The highest BCUT2D eigenvalue weighted by Gasteiger charge is 2.41. The van der Waals surface area contributed by atoms with E-state index in [1.54, 1.807) is 5.20 Å². The summed E-state index contributed by atoms with van der Waals surface area (Å²) in [6.07, 6.45) is 32.6. The van der Waals surface area contributed by atoms with E-state index in [0.29, 0.717) is 11.8 Å². The van der Waals surface area contributed by atoms with Crippen LogP contribution < -0.4 is 14.8 Å². The average molecular weight is 663 g/mol. The SMILES string of the molecule is C[Si]1C2=C(C=CC(N(C3=CC(C4=CCCC=C4)CC=C3)c3cccc(-c4ccc5ccccc5c4)c3)C2)c2c1ccc1c2OC2C=CC=CC12. The molecule has 10 rings (SSSR count). The molecule has 0 bridgehead atoms. The van der Waals surface area contributed by atoms with Gasteiger partial charge in [-0.05, 0) is 94.3 Å². The molecule has 0 saturated carbocycles. The zero-order chi connectivity index (χ0) is 33.2. The number of hydrogen-bond donors (Lipinski definition) is 0. The molecule has 50 heavy (non-hydrogen) atoms. The van der Waals surface area contributed by atoms with Crippen molar-refractivity contribution in [1.29, 1.82) is 0 Å². The number of benzene rings is 4. The van der Waals surface area contributed by atoms with Crippen molar-refractivity contribution < 1.29 is 4.74 Å². The molecule has 4 unspecified atom stereocenters. The van der Waals surface area contributed by atoms with Crippen LogP contribution in [0.15, 0.2) is 168 Å². The molecule has 4 aromatic carbocycles. The summed E-state index contributed by atoms with van der Waals surface area (Å²) in [5.74, 6) is 1.84. The molecule has 0 saturated heterocycles. The van der Waals surface area contributed by atoms with Crippen LogP contribution in [-0.4, -0.2) is 20.9 Å². The highest BCUT2D eigenvalue weighted by Crippen LogP contribution is 2.49. The predicted octanol–water partition coefficient (Wildman–Crippen LogP) is 10.7. The number of hydrogen-bond acceptors (Lipinski definition) is 2. The number of allylic oxidation sites excluding steroid dienone is 11. The molecule has 4 aromatic rings. The van der Waals surface area contributed by atoms with Gasteiger partial charge >= 0.3 is 0 Å². The van der Waals surface area contributed by atoms with Crippen LogP contribution in [0, 0.1) is 5.92 Å². The van der Waals surface area contributed by atoms with Gasteiger partial charge in [-0.1, -0.05) is 133 Å². The van der Waals surface area contributed by atoms with Crippen LogP contribution in [0.1, 0.15) is 42.7 Å². The second-order valence-corrected chi connectivity index (χ2v) is 16.8. The summed E-state index contributed by atoms with van der Waals surface area (Å²) in [6, 6.07) is 29.7. The van der Waals surface area contributed by atoms with E-state index in [4.69, 9.17) is 4.74 Å². The molecule has 2 nitrogen and oxygen atoms in total. The molecule has 4 atom stereocenters. The Morgan fingerprint density at radius 1 is 0.780 bits per heavy atom. The zero-order valence-electron chi connectivity index (χ0n) is 28.4. The van der Waals surface area contributed by atoms with Crippen LogP contribution in [0.2, 0.25) is 6.55 Å². The first-order valence-electron chi connectivity index (χ1n) is 18.3. The van der Waals surface area contributed by atoms with Crippen LogP contribution in [0.3, 0.4) is 0 Å². The van der Waals surface area contributed by atoms with Crippen LogP contribution in [-0.2, 0) is 0 Å². The first-order valence-corrected chi connectivity index (χ1v) is 20.3. The number of nitrogens with zero attached hydrogens (tertiary/aromatic N) is 1. The Bertz CT molecular complexity index is 2310. The quantitative estimate of drug-likeness (QED) is 0.197. The highest BCUT2D eigenvalue weighted by atomic mass is 28.3. The first-order chi connectivity index (χ1) is 24.7. The fraction of sp³-hybridized carbons (Fsp3) is 0.191. The van der Waals surface area contributed by atoms with Crippen molar-refractivity contribution in [3.05, 3.63) is 179 Å². The summed E-state index contributed by atoms with van der Waals surface area (Å²) in [7, 11) is -0.911. The second-order valence-electron chi connectivity index (χ2n) is 14.4. The van der Waals surface area contributed by atoms with E-state index < -0.39 is 8.80 Å². The second kappa shape index (κ2) is 12.0. The van der Waals surface area contributed by atoms with Crippen LogP contribution in [0.4, 0.5) is 5.69 Å². The van der Waals surface area contributed by atoms with E-state index in [9.17, 15) is 0 Å². The Balaban J connectivity index is 1.05. The van der Waals surface area contributed by atoms with Crippen molar-refractivity contribution in [3.63, 3.8) is 0 Å². The monoisotopic (exact) mass is 662 g/mol. The van der Waals surface area contributed by atoms with Gasteiger partial charge in [0.1, 0.15) is 20.7 Å². The summed E-state index contributed by atoms with van der Waals surface area (Å²) in [5, 5.41) is 5.68. The minimum absolute atomic E-state index is 0.108. The van der Waals surface area contributed by atoms with Crippen LogP contribution in [0.5, 0.6) is 5.75 Å². The lowest BCUT2D eigenvalue weighted by Crippen LogP contribution is -2.37. The van der Waals surface area contributed by atoms with Crippen molar-refractivity contribution in [2.24, 2.45) is 5.92 Å². The molecule has 1 radical (unpaired) electrons. The number of ether oxygens (including phenoxy) is 1. The molecule has 0 fully saturated rings. The maximum absolute atomic E-state index is 6.71. The minimum atomic E-state index is -0.911. The molecule has 0 spiro atoms. The summed E-state index contributed by atoms with van der Waals surface area (Å²) < 4.78 is 6.71. The van der Waals surface area contributed by atoms with Gasteiger partial charge in [-0.3, -0.25) is 0 Å². The Morgan fingerprint density at radius 3 is 2.60 bits per heavy atom. The molecule has 243 valence electrons. The number of rotatable bonds is 5. The lowest BCUT2D eigenvalue weighted by molar-refractivity contribution is 0.268. The van der Waals surface area contributed by atoms with E-state index in [0.717, 1.165) is 31.4 Å². The van der Waals surface area contributed by atoms with Gasteiger partial charge in [0, 0.05) is 34.3 Å². The molecule has 6 aliphatic rings. The molecule has 2 heterocycles. The van der Waals surface area contributed by atoms with Crippen LogP contribution >= 0.6 is 0 Å². The largest absolute Gasteiger partial charge is 0.484 e. The fourth-order valence-electron chi connectivity index (χ4n) is 9.01. The molecular weight excluding hydrogens is 623 g/mol. The summed E-state index contributed by atoms with van der Waals surface area (Å²) >= 11 is 0. The normalized spacial score (nSPS) is 24.4. The molecule has 2 aliphatic heterocycles. The third-order valence-electron chi connectivity index (χ3n) is 11.6. The highest BCUT2D eigenvalue weighted by molar-refractivity contribution is 6.82. The lowest BCUT2D eigenvalue weighted by Gasteiger charge is -2.37. The summed E-state index contributed by atoms with van der Waals surface area (Å²) in [5.41, 5.74) is 10.6. The minimum Gasteiger partial charge on any atom is -0.484 e. The topological polar surface area (TPSA) is 12.5 Å². The average Bonchev–Trinajstić information content (AvgIpc) is 3.70. The maximum atomic E-state index is 6.71. The Morgan fingerprint density at radius 2 is 1.68 bits per heavy atom. The fourth-order valence-corrected chi connectivity index (χ4v) is 11.4. The number of fused-ring (bicyclic) bond motifs is 7. The predicted molar refractivity (Wildman–Crippen MR) is 211 cm³/mol. The van der Waals surface area contributed by atoms with E-state index in [1.165, 1.54) is 60.7 Å². The Kier molecular flexibility index (Phi) is 7.16. The first kappa shape index (κ1) is 29.8. The smallest absolute Gasteiger partial charge is 0.131 e. The third-order valence-corrected chi connectivity index (χ3v) is 14.2. The van der Waals surface area contributed by atoms with E-state index in [1.807, 2.05) is 0 Å². The van der Waals surface area contributed by atoms with E-state index >= 15 is 0 Å². The number of anilines is 1. The summed E-state index contributed by atoms with van der Waals surface area (Å²) in [6.45, 7) is 2.50. The van der Waals surface area contributed by atoms with Gasteiger partial charge in [0.05, 0.1) is 6.04 Å². The standard InChI is InChI=1S/C47H40NOSi/c1-50-44-26-25-41-40-19-7-8-20-43(40)49-47(41)46(44)42-24-23-39(30-45(42)50)48(37-17-9-15-34(28-37)31-11-3-2-4-12-31)38-18-10-16-35(29-38)36-22-21-32-13-5-6-14-33(32)27-36/h3,5-14,16-29,34,39-40,43H,2,4,15,30H2,1H3. The van der Waals surface area contributed by atoms with Crippen molar-refractivity contribution >= 4 is 36.0 Å². The van der Waals surface area contributed by atoms with Crippen LogP contribution in [0.25, 0.3) is 27.5 Å². The Labute approximate surface area is 297 Å². The van der Waals surface area contributed by atoms with Gasteiger partial charge < -0.3 is 9.64 Å². The van der Waals surface area contributed by atoms with Gasteiger partial charge in [-0.15, -0.1) is 0 Å². The van der Waals surface area contributed by atoms with Crippen molar-refractivity contribution in [3.8, 4) is 16.9 Å². The van der Waals surface area contributed by atoms with Crippen molar-refractivity contribution in [1.82, 2.24) is 0 Å². The Hall–Kier alpha value is -5.12. The molecular formula is C47H40NOSi.